The Kier molecular flexibility index (Phi) is 7.44. The van der Waals surface area contributed by atoms with E-state index in [4.69, 9.17) is 9.47 Å². The van der Waals surface area contributed by atoms with Crippen molar-refractivity contribution in [2.75, 3.05) is 13.7 Å². The lowest BCUT2D eigenvalue weighted by atomic mass is 10.2. The van der Waals surface area contributed by atoms with Gasteiger partial charge in [-0.2, -0.15) is 0 Å². The fraction of sp³-hybridized carbons (Fsp3) is 0.550. The number of carbonyl (C=O) groups excluding carboxylic acids is 1. The summed E-state index contributed by atoms with van der Waals surface area (Å²) in [6, 6.07) is 6.23. The summed E-state index contributed by atoms with van der Waals surface area (Å²) < 4.78 is 26.7. The molecule has 1 aromatic heterocycles. The van der Waals surface area contributed by atoms with E-state index in [0.29, 0.717) is 24.0 Å². The molecule has 0 aliphatic heterocycles. The highest BCUT2D eigenvalue weighted by molar-refractivity contribution is 8.00. The molecule has 8 heteroatoms. The number of methoxy groups -OCH3 is 1. The molecule has 1 heterocycles. The van der Waals surface area contributed by atoms with Gasteiger partial charge in [0.25, 0.3) is 0 Å². The highest BCUT2D eigenvalue weighted by Crippen LogP contribution is 2.32. The Hall–Kier alpha value is -1.93. The van der Waals surface area contributed by atoms with Crippen LogP contribution in [0.4, 0.5) is 4.39 Å². The Bertz CT molecular complexity index is 799. The number of hydrogen-bond acceptors (Lipinski definition) is 6. The van der Waals surface area contributed by atoms with Gasteiger partial charge in [0, 0.05) is 13.5 Å². The fourth-order valence-electron chi connectivity index (χ4n) is 3.33. The first-order chi connectivity index (χ1) is 13.6. The van der Waals surface area contributed by atoms with E-state index in [1.54, 1.807) is 25.3 Å². The Labute approximate surface area is 168 Å². The van der Waals surface area contributed by atoms with Crippen LogP contribution < -0.4 is 4.74 Å². The Morgan fingerprint density at radius 1 is 1.29 bits per heavy atom. The maximum atomic E-state index is 13.8. The first-order valence-electron chi connectivity index (χ1n) is 9.59. The number of ether oxygens (including phenoxy) is 2. The monoisotopic (exact) mass is 407 g/mol. The van der Waals surface area contributed by atoms with Crippen molar-refractivity contribution in [2.24, 2.45) is 0 Å². The van der Waals surface area contributed by atoms with Gasteiger partial charge in [-0.05, 0) is 31.9 Å². The summed E-state index contributed by atoms with van der Waals surface area (Å²) in [6.07, 6.45) is 4.59. The van der Waals surface area contributed by atoms with Crippen LogP contribution in [0.3, 0.4) is 0 Å². The lowest BCUT2D eigenvalue weighted by Crippen LogP contribution is -2.20. The molecule has 0 spiro atoms. The number of aromatic nitrogens is 3. The third-order valence-electron chi connectivity index (χ3n) is 4.77. The topological polar surface area (TPSA) is 66.2 Å². The van der Waals surface area contributed by atoms with E-state index in [0.717, 1.165) is 25.7 Å². The molecule has 28 heavy (non-hydrogen) atoms. The van der Waals surface area contributed by atoms with E-state index >= 15 is 0 Å². The predicted molar refractivity (Wildman–Crippen MR) is 105 cm³/mol. The number of nitrogens with zero attached hydrogens (tertiary/aromatic N) is 3. The number of halogens is 1. The second-order valence-electron chi connectivity index (χ2n) is 6.96. The number of benzene rings is 1. The van der Waals surface area contributed by atoms with Crippen LogP contribution in [0.25, 0.3) is 0 Å². The van der Waals surface area contributed by atoms with Crippen molar-refractivity contribution in [1.82, 2.24) is 14.8 Å². The van der Waals surface area contributed by atoms with Crippen LogP contribution in [0, 0.1) is 5.82 Å². The fourth-order valence-corrected chi connectivity index (χ4v) is 4.60. The highest BCUT2D eigenvalue weighted by Gasteiger charge is 2.26. The van der Waals surface area contributed by atoms with Gasteiger partial charge in [-0.15, -0.1) is 10.2 Å². The second kappa shape index (κ2) is 10.0. The number of thioether (sulfide) groups is 1. The summed E-state index contributed by atoms with van der Waals surface area (Å²) >= 11 is 1.47. The van der Waals surface area contributed by atoms with E-state index in [2.05, 4.69) is 10.2 Å². The van der Waals surface area contributed by atoms with Crippen molar-refractivity contribution in [3.05, 3.63) is 35.9 Å². The molecular formula is C20H26FN3O3S. The minimum absolute atomic E-state index is 0.0393. The third kappa shape index (κ3) is 5.11. The lowest BCUT2D eigenvalue weighted by molar-refractivity contribution is -0.118. The molecule has 0 bridgehead atoms. The molecule has 1 aliphatic carbocycles. The molecule has 152 valence electrons. The van der Waals surface area contributed by atoms with E-state index < -0.39 is 5.82 Å². The molecule has 0 amide bonds. The molecular weight excluding hydrogens is 381 g/mol. The molecule has 1 fully saturated rings. The quantitative estimate of drug-likeness (QED) is 0.611. The largest absolute Gasteiger partial charge is 0.483 e. The Balaban J connectivity index is 1.80. The first-order valence-corrected chi connectivity index (χ1v) is 10.5. The molecule has 0 radical (unpaired) electrons. The van der Waals surface area contributed by atoms with Crippen molar-refractivity contribution in [3.8, 4) is 5.75 Å². The zero-order chi connectivity index (χ0) is 19.9. The van der Waals surface area contributed by atoms with E-state index in [1.807, 2.05) is 11.5 Å². The van der Waals surface area contributed by atoms with Crippen LogP contribution in [-0.4, -0.2) is 39.5 Å². The first kappa shape index (κ1) is 20.8. The average molecular weight is 408 g/mol. The van der Waals surface area contributed by atoms with E-state index in [9.17, 15) is 9.18 Å². The summed E-state index contributed by atoms with van der Waals surface area (Å²) in [5, 5.41) is 9.14. The van der Waals surface area contributed by atoms with Gasteiger partial charge in [-0.25, -0.2) is 4.39 Å². The molecule has 3 rings (SSSR count). The maximum absolute atomic E-state index is 13.8. The number of rotatable bonds is 8. The van der Waals surface area contributed by atoms with Crippen LogP contribution in [0.1, 0.15) is 50.9 Å². The van der Waals surface area contributed by atoms with Gasteiger partial charge < -0.3 is 9.47 Å². The number of hydrogen-bond donors (Lipinski definition) is 0. The van der Waals surface area contributed by atoms with Crippen molar-refractivity contribution >= 4 is 17.5 Å². The normalized spacial score (nSPS) is 18.7. The molecule has 2 aromatic rings. The maximum Gasteiger partial charge on any atom is 0.192 e. The summed E-state index contributed by atoms with van der Waals surface area (Å²) in [5.74, 6) is 0.610. The smallest absolute Gasteiger partial charge is 0.192 e. The third-order valence-corrected chi connectivity index (χ3v) is 6.05. The van der Waals surface area contributed by atoms with Crippen molar-refractivity contribution in [2.45, 2.75) is 62.1 Å². The summed E-state index contributed by atoms with van der Waals surface area (Å²) in [6.45, 7) is 2.55. The minimum Gasteiger partial charge on any atom is -0.483 e. The van der Waals surface area contributed by atoms with Gasteiger partial charge >= 0.3 is 0 Å². The molecule has 1 aliphatic rings. The summed E-state index contributed by atoms with van der Waals surface area (Å²) in [4.78, 5) is 12.4. The van der Waals surface area contributed by atoms with Crippen molar-refractivity contribution < 1.29 is 18.7 Å². The van der Waals surface area contributed by atoms with Crippen molar-refractivity contribution in [1.29, 1.82) is 0 Å². The van der Waals surface area contributed by atoms with Gasteiger partial charge in [-0.1, -0.05) is 36.7 Å². The SMILES string of the molecule is COC[C@@H](C)n1c(COc2ccccc2F)nnc1S[C@@H]1CCCCCC1=O. The predicted octanol–water partition coefficient (Wildman–Crippen LogP) is 4.20. The molecule has 1 saturated carbocycles. The molecule has 0 unspecified atom stereocenters. The number of carbonyl (C=O) groups is 1. The lowest BCUT2D eigenvalue weighted by Gasteiger charge is -2.19. The van der Waals surface area contributed by atoms with Gasteiger partial charge in [0.2, 0.25) is 0 Å². The highest BCUT2D eigenvalue weighted by atomic mass is 32.2. The molecule has 6 nitrogen and oxygen atoms in total. The molecule has 1 aromatic carbocycles. The number of ketones is 1. The molecule has 0 N–H and O–H groups in total. The Morgan fingerprint density at radius 2 is 2.11 bits per heavy atom. The molecule has 2 atom stereocenters. The number of para-hydroxylation sites is 1. The van der Waals surface area contributed by atoms with Crippen molar-refractivity contribution in [3.63, 3.8) is 0 Å². The van der Waals surface area contributed by atoms with Gasteiger partial charge in [-0.3, -0.25) is 9.36 Å². The summed E-state index contributed by atoms with van der Waals surface area (Å²) in [7, 11) is 1.64. The van der Waals surface area contributed by atoms with E-state index in [-0.39, 0.29) is 29.4 Å². The van der Waals surface area contributed by atoms with Gasteiger partial charge in [0.05, 0.1) is 17.9 Å². The van der Waals surface area contributed by atoms with Crippen LogP contribution in [0.2, 0.25) is 0 Å². The zero-order valence-corrected chi connectivity index (χ0v) is 17.1. The zero-order valence-electron chi connectivity index (χ0n) is 16.3. The van der Waals surface area contributed by atoms with Crippen LogP contribution in [0.5, 0.6) is 5.75 Å². The van der Waals surface area contributed by atoms with Crippen LogP contribution >= 0.6 is 11.8 Å². The minimum atomic E-state index is -0.419. The standard InChI is InChI=1S/C20H26FN3O3S/c1-14(12-26-2)24-19(13-27-17-10-7-6-8-15(17)21)22-23-20(24)28-18-11-5-3-4-9-16(18)25/h6-8,10,14,18H,3-5,9,11-13H2,1-2H3/t14-,18-/m1/s1. The number of Topliss-reactive ketones (excluding diaryl/α,β-unsaturated/α-hetero) is 1. The average Bonchev–Trinajstić information content (AvgIpc) is 2.97. The van der Waals surface area contributed by atoms with Gasteiger partial charge in [0.1, 0.15) is 12.4 Å². The Morgan fingerprint density at radius 3 is 2.89 bits per heavy atom. The summed E-state index contributed by atoms with van der Waals surface area (Å²) in [5.41, 5.74) is 0. The van der Waals surface area contributed by atoms with E-state index in [1.165, 1.54) is 17.8 Å². The molecule has 0 saturated heterocycles. The van der Waals surface area contributed by atoms with Crippen LogP contribution in [-0.2, 0) is 16.1 Å². The van der Waals surface area contributed by atoms with Crippen LogP contribution in [0.15, 0.2) is 29.4 Å². The van der Waals surface area contributed by atoms with Gasteiger partial charge in [0.15, 0.2) is 22.5 Å². The second-order valence-corrected chi connectivity index (χ2v) is 8.13.